The Labute approximate surface area is 207 Å². The van der Waals surface area contributed by atoms with Crippen molar-refractivity contribution in [3.63, 3.8) is 0 Å². The van der Waals surface area contributed by atoms with Gasteiger partial charge in [0, 0.05) is 22.2 Å². The zero-order chi connectivity index (χ0) is 24.1. The van der Waals surface area contributed by atoms with Gasteiger partial charge in [0.2, 0.25) is 5.91 Å². The monoisotopic (exact) mass is 499 g/mol. The number of hydrogen-bond acceptors (Lipinski definition) is 4. The van der Waals surface area contributed by atoms with E-state index in [9.17, 15) is 9.59 Å². The van der Waals surface area contributed by atoms with Crippen LogP contribution in [0.5, 0.6) is 5.75 Å². The standard InChI is InChI=1S/C26H23Cl2NO5/c27-19-9-10-23(34-16-25(31)32)21(13-19)26-20-7-3-1-5-17(20)11-12-29(26)24(30)15-33-14-18-6-2-4-8-22(18)28/h1-10,13,26H,11-12,14-16H2,(H,31,32). The molecule has 1 N–H and O–H groups in total. The molecule has 1 amide bonds. The van der Waals surface area contributed by atoms with E-state index in [1.165, 1.54) is 0 Å². The van der Waals surface area contributed by atoms with E-state index >= 15 is 0 Å². The summed E-state index contributed by atoms with van der Waals surface area (Å²) in [5.41, 5.74) is 3.48. The second-order valence-electron chi connectivity index (χ2n) is 7.89. The van der Waals surface area contributed by atoms with E-state index in [1.54, 1.807) is 29.2 Å². The van der Waals surface area contributed by atoms with Crippen LogP contribution < -0.4 is 4.74 Å². The number of benzene rings is 3. The number of carbonyl (C=O) groups excluding carboxylic acids is 1. The minimum Gasteiger partial charge on any atom is -0.482 e. The molecular weight excluding hydrogens is 477 g/mol. The maximum atomic E-state index is 13.3. The van der Waals surface area contributed by atoms with Crippen LogP contribution in [0.15, 0.2) is 66.7 Å². The Morgan fingerprint density at radius 3 is 2.53 bits per heavy atom. The molecule has 1 heterocycles. The predicted molar refractivity (Wildman–Crippen MR) is 129 cm³/mol. The van der Waals surface area contributed by atoms with Crippen LogP contribution in [0, 0.1) is 0 Å². The molecule has 0 radical (unpaired) electrons. The van der Waals surface area contributed by atoms with Gasteiger partial charge in [0.05, 0.1) is 12.6 Å². The largest absolute Gasteiger partial charge is 0.482 e. The number of fused-ring (bicyclic) bond motifs is 1. The fraction of sp³-hybridized carbons (Fsp3) is 0.231. The molecule has 0 saturated heterocycles. The van der Waals surface area contributed by atoms with Gasteiger partial charge in [-0.05, 0) is 47.4 Å². The van der Waals surface area contributed by atoms with Crippen LogP contribution in [0.3, 0.4) is 0 Å². The first kappa shape index (κ1) is 24.1. The average Bonchev–Trinajstić information content (AvgIpc) is 2.83. The molecule has 1 atom stereocenters. The number of carboxylic acid groups (broad SMARTS) is 1. The molecule has 176 valence electrons. The first-order valence-electron chi connectivity index (χ1n) is 10.8. The van der Waals surface area contributed by atoms with Crippen molar-refractivity contribution in [3.8, 4) is 5.75 Å². The van der Waals surface area contributed by atoms with Crippen molar-refractivity contribution in [2.75, 3.05) is 19.8 Å². The highest BCUT2D eigenvalue weighted by atomic mass is 35.5. The number of ether oxygens (including phenoxy) is 2. The van der Waals surface area contributed by atoms with E-state index in [2.05, 4.69) is 0 Å². The van der Waals surface area contributed by atoms with E-state index in [1.807, 2.05) is 42.5 Å². The van der Waals surface area contributed by atoms with Crippen LogP contribution in [-0.4, -0.2) is 41.6 Å². The van der Waals surface area contributed by atoms with Gasteiger partial charge in [0.1, 0.15) is 12.4 Å². The van der Waals surface area contributed by atoms with Crippen LogP contribution in [0.2, 0.25) is 10.0 Å². The molecule has 0 aromatic heterocycles. The first-order valence-corrected chi connectivity index (χ1v) is 11.5. The molecule has 6 nitrogen and oxygen atoms in total. The molecule has 0 saturated carbocycles. The number of hydrogen-bond donors (Lipinski definition) is 1. The molecule has 3 aromatic rings. The molecule has 8 heteroatoms. The summed E-state index contributed by atoms with van der Waals surface area (Å²) in [5.74, 6) is -0.926. The molecule has 4 rings (SSSR count). The van der Waals surface area contributed by atoms with Crippen LogP contribution >= 0.6 is 23.2 Å². The molecule has 1 aliphatic rings. The molecule has 1 aliphatic heterocycles. The van der Waals surface area contributed by atoms with E-state index in [-0.39, 0.29) is 19.1 Å². The molecule has 0 bridgehead atoms. The quantitative estimate of drug-likeness (QED) is 0.463. The molecule has 0 fully saturated rings. The second kappa shape index (κ2) is 10.9. The first-order chi connectivity index (χ1) is 16.4. The Morgan fingerprint density at radius 1 is 0.971 bits per heavy atom. The summed E-state index contributed by atoms with van der Waals surface area (Å²) in [6.07, 6.45) is 0.689. The lowest BCUT2D eigenvalue weighted by molar-refractivity contribution is -0.140. The number of halogens is 2. The van der Waals surface area contributed by atoms with Crippen LogP contribution in [-0.2, 0) is 27.4 Å². The second-order valence-corrected chi connectivity index (χ2v) is 8.73. The van der Waals surface area contributed by atoms with Crippen molar-refractivity contribution in [3.05, 3.63) is 99.0 Å². The lowest BCUT2D eigenvalue weighted by Crippen LogP contribution is -2.42. The Kier molecular flexibility index (Phi) is 7.73. The van der Waals surface area contributed by atoms with Crippen molar-refractivity contribution in [2.45, 2.75) is 19.1 Å². The van der Waals surface area contributed by atoms with E-state index in [0.717, 1.165) is 16.7 Å². The van der Waals surface area contributed by atoms with Crippen molar-refractivity contribution >= 4 is 35.1 Å². The van der Waals surface area contributed by atoms with E-state index < -0.39 is 18.6 Å². The fourth-order valence-corrected chi connectivity index (χ4v) is 4.49. The summed E-state index contributed by atoms with van der Waals surface area (Å²) in [5, 5.41) is 10.1. The lowest BCUT2D eigenvalue weighted by Gasteiger charge is -2.38. The molecular formula is C26H23Cl2NO5. The highest BCUT2D eigenvalue weighted by molar-refractivity contribution is 6.31. The minimum absolute atomic E-state index is 0.129. The van der Waals surface area contributed by atoms with Gasteiger partial charge in [-0.25, -0.2) is 4.79 Å². The number of aliphatic carboxylic acids is 1. The normalized spacial score (nSPS) is 15.0. The summed E-state index contributed by atoms with van der Waals surface area (Å²) in [7, 11) is 0. The van der Waals surface area contributed by atoms with E-state index in [0.29, 0.717) is 34.3 Å². The third kappa shape index (κ3) is 5.53. The third-order valence-corrected chi connectivity index (χ3v) is 6.27. The van der Waals surface area contributed by atoms with Gasteiger partial charge in [0.15, 0.2) is 6.61 Å². The Morgan fingerprint density at radius 2 is 1.74 bits per heavy atom. The Bertz CT molecular complexity index is 1200. The minimum atomic E-state index is -1.09. The van der Waals surface area contributed by atoms with Crippen LogP contribution in [0.1, 0.15) is 28.3 Å². The van der Waals surface area contributed by atoms with Gasteiger partial charge in [0.25, 0.3) is 0 Å². The summed E-state index contributed by atoms with van der Waals surface area (Å²) in [6.45, 7) is 0.0547. The maximum absolute atomic E-state index is 13.3. The molecule has 3 aromatic carbocycles. The highest BCUT2D eigenvalue weighted by Gasteiger charge is 2.34. The number of nitrogens with zero attached hydrogens (tertiary/aromatic N) is 1. The van der Waals surface area contributed by atoms with Crippen molar-refractivity contribution in [2.24, 2.45) is 0 Å². The van der Waals surface area contributed by atoms with Gasteiger partial charge in [-0.3, -0.25) is 4.79 Å². The Hall–Kier alpha value is -3.06. The van der Waals surface area contributed by atoms with Gasteiger partial charge >= 0.3 is 5.97 Å². The van der Waals surface area contributed by atoms with Crippen molar-refractivity contribution in [1.29, 1.82) is 0 Å². The topological polar surface area (TPSA) is 76.1 Å². The zero-order valence-corrected chi connectivity index (χ0v) is 19.8. The highest BCUT2D eigenvalue weighted by Crippen LogP contribution is 2.40. The predicted octanol–water partition coefficient (Wildman–Crippen LogP) is 5.15. The summed E-state index contributed by atoms with van der Waals surface area (Å²) < 4.78 is 11.3. The average molecular weight is 500 g/mol. The molecule has 34 heavy (non-hydrogen) atoms. The third-order valence-electron chi connectivity index (χ3n) is 5.66. The van der Waals surface area contributed by atoms with E-state index in [4.69, 9.17) is 37.8 Å². The lowest BCUT2D eigenvalue weighted by atomic mass is 9.87. The number of carbonyl (C=O) groups is 2. The van der Waals surface area contributed by atoms with Crippen LogP contribution in [0.25, 0.3) is 0 Å². The number of carboxylic acids is 1. The molecule has 0 spiro atoms. The van der Waals surface area contributed by atoms with Gasteiger partial charge in [-0.1, -0.05) is 65.7 Å². The van der Waals surface area contributed by atoms with Crippen molar-refractivity contribution < 1.29 is 24.2 Å². The fourth-order valence-electron chi connectivity index (χ4n) is 4.12. The maximum Gasteiger partial charge on any atom is 0.341 e. The zero-order valence-electron chi connectivity index (χ0n) is 18.2. The van der Waals surface area contributed by atoms with Gasteiger partial charge < -0.3 is 19.5 Å². The molecule has 1 unspecified atom stereocenters. The number of amides is 1. The molecule has 0 aliphatic carbocycles. The number of rotatable bonds is 8. The summed E-state index contributed by atoms with van der Waals surface area (Å²) >= 11 is 12.5. The summed E-state index contributed by atoms with van der Waals surface area (Å²) in [4.78, 5) is 26.2. The van der Waals surface area contributed by atoms with Crippen LogP contribution in [0.4, 0.5) is 0 Å². The SMILES string of the molecule is O=C(O)COc1ccc(Cl)cc1C1c2ccccc2CCN1C(=O)COCc1ccccc1Cl. The summed E-state index contributed by atoms with van der Waals surface area (Å²) in [6, 6.07) is 19.7. The smallest absolute Gasteiger partial charge is 0.341 e. The van der Waals surface area contributed by atoms with Crippen molar-refractivity contribution in [1.82, 2.24) is 4.90 Å². The van der Waals surface area contributed by atoms with Gasteiger partial charge in [-0.2, -0.15) is 0 Å². The Balaban J connectivity index is 1.62. The van der Waals surface area contributed by atoms with Gasteiger partial charge in [-0.15, -0.1) is 0 Å².